The number of hydrogen-bond acceptors (Lipinski definition) is 2. The van der Waals surface area contributed by atoms with Gasteiger partial charge in [-0.2, -0.15) is 0 Å². The zero-order valence-electron chi connectivity index (χ0n) is 13.2. The van der Waals surface area contributed by atoms with E-state index in [0.29, 0.717) is 19.5 Å². The number of rotatable bonds is 6. The standard InChI is InChI=1S/C20H19ClFNO/c21-17-6-9-20-15(11-17)2-1-3-16(20)12-23-13-19(24)10-14-4-7-18(22)8-5-14/h1-9,11,19,23-24H,10,12-13H2. The Morgan fingerprint density at radius 3 is 2.62 bits per heavy atom. The summed E-state index contributed by atoms with van der Waals surface area (Å²) in [7, 11) is 0. The summed E-state index contributed by atoms with van der Waals surface area (Å²) in [6, 6.07) is 18.2. The van der Waals surface area contributed by atoms with Crippen LogP contribution in [0.15, 0.2) is 60.7 Å². The van der Waals surface area contributed by atoms with Gasteiger partial charge in [-0.05, 0) is 52.6 Å². The molecule has 3 aromatic rings. The van der Waals surface area contributed by atoms with Crippen LogP contribution in [0.25, 0.3) is 10.8 Å². The highest BCUT2D eigenvalue weighted by Crippen LogP contribution is 2.22. The number of fused-ring (bicyclic) bond motifs is 1. The molecule has 2 nitrogen and oxygen atoms in total. The molecule has 0 aromatic heterocycles. The van der Waals surface area contributed by atoms with E-state index in [0.717, 1.165) is 26.9 Å². The van der Waals surface area contributed by atoms with E-state index in [1.807, 2.05) is 30.3 Å². The molecule has 0 spiro atoms. The van der Waals surface area contributed by atoms with Crippen molar-refractivity contribution >= 4 is 22.4 Å². The summed E-state index contributed by atoms with van der Waals surface area (Å²) in [5, 5.41) is 16.4. The molecule has 1 unspecified atom stereocenters. The van der Waals surface area contributed by atoms with Crippen LogP contribution in [-0.4, -0.2) is 17.8 Å². The second kappa shape index (κ2) is 7.75. The average molecular weight is 344 g/mol. The Morgan fingerprint density at radius 2 is 1.83 bits per heavy atom. The first-order valence-electron chi connectivity index (χ1n) is 7.92. The molecule has 4 heteroatoms. The molecule has 0 saturated heterocycles. The fourth-order valence-electron chi connectivity index (χ4n) is 2.81. The highest BCUT2D eigenvalue weighted by molar-refractivity contribution is 6.31. The van der Waals surface area contributed by atoms with Crippen molar-refractivity contribution in [3.8, 4) is 0 Å². The van der Waals surface area contributed by atoms with Gasteiger partial charge < -0.3 is 10.4 Å². The molecule has 2 N–H and O–H groups in total. The van der Waals surface area contributed by atoms with Gasteiger partial charge in [-0.3, -0.25) is 0 Å². The monoisotopic (exact) mass is 343 g/mol. The predicted octanol–water partition coefficient (Wildman–Crippen LogP) is 4.33. The third-order valence-electron chi connectivity index (χ3n) is 4.01. The molecule has 0 heterocycles. The molecular formula is C20H19ClFNO. The average Bonchev–Trinajstić information content (AvgIpc) is 2.57. The van der Waals surface area contributed by atoms with Gasteiger partial charge in [0.2, 0.25) is 0 Å². The largest absolute Gasteiger partial charge is 0.391 e. The van der Waals surface area contributed by atoms with Crippen LogP contribution < -0.4 is 5.32 Å². The Balaban J connectivity index is 1.57. The lowest BCUT2D eigenvalue weighted by molar-refractivity contribution is 0.171. The second-order valence-electron chi connectivity index (χ2n) is 5.90. The first kappa shape index (κ1) is 16.9. The minimum atomic E-state index is -0.514. The number of hydrogen-bond donors (Lipinski definition) is 2. The minimum Gasteiger partial charge on any atom is -0.391 e. The molecular weight excluding hydrogens is 325 g/mol. The van der Waals surface area contributed by atoms with Gasteiger partial charge in [0.15, 0.2) is 0 Å². The summed E-state index contributed by atoms with van der Waals surface area (Å²) in [5.74, 6) is -0.262. The fourth-order valence-corrected chi connectivity index (χ4v) is 2.99. The molecule has 0 aliphatic rings. The quantitative estimate of drug-likeness (QED) is 0.698. The van der Waals surface area contributed by atoms with Gasteiger partial charge >= 0.3 is 0 Å². The first-order valence-corrected chi connectivity index (χ1v) is 8.30. The number of aliphatic hydroxyl groups is 1. The molecule has 0 bridgehead atoms. The maximum Gasteiger partial charge on any atom is 0.123 e. The Bertz CT molecular complexity index is 819. The zero-order chi connectivity index (χ0) is 16.9. The summed E-state index contributed by atoms with van der Waals surface area (Å²) < 4.78 is 12.9. The molecule has 0 amide bonds. The van der Waals surface area contributed by atoms with Crippen molar-refractivity contribution in [3.63, 3.8) is 0 Å². The van der Waals surface area contributed by atoms with Crippen molar-refractivity contribution in [2.24, 2.45) is 0 Å². The highest BCUT2D eigenvalue weighted by Gasteiger charge is 2.07. The van der Waals surface area contributed by atoms with Gasteiger partial charge in [-0.1, -0.05) is 48.0 Å². The van der Waals surface area contributed by atoms with E-state index in [-0.39, 0.29) is 5.82 Å². The summed E-state index contributed by atoms with van der Waals surface area (Å²) in [4.78, 5) is 0. The highest BCUT2D eigenvalue weighted by atomic mass is 35.5. The van der Waals surface area contributed by atoms with Gasteiger partial charge in [-0.25, -0.2) is 4.39 Å². The van der Waals surface area contributed by atoms with E-state index in [1.54, 1.807) is 12.1 Å². The first-order chi connectivity index (χ1) is 11.6. The smallest absolute Gasteiger partial charge is 0.123 e. The Hall–Kier alpha value is -1.94. The molecule has 1 atom stereocenters. The van der Waals surface area contributed by atoms with Crippen LogP contribution in [0.3, 0.4) is 0 Å². The lowest BCUT2D eigenvalue weighted by atomic mass is 10.0. The van der Waals surface area contributed by atoms with Gasteiger partial charge in [-0.15, -0.1) is 0 Å². The number of halogens is 2. The molecule has 24 heavy (non-hydrogen) atoms. The Kier molecular flexibility index (Phi) is 5.46. The molecule has 0 saturated carbocycles. The van der Waals surface area contributed by atoms with Crippen LogP contribution in [-0.2, 0) is 13.0 Å². The van der Waals surface area contributed by atoms with Crippen LogP contribution in [0.1, 0.15) is 11.1 Å². The Morgan fingerprint density at radius 1 is 1.04 bits per heavy atom. The summed E-state index contributed by atoms with van der Waals surface area (Å²) >= 11 is 6.03. The number of nitrogens with one attached hydrogen (secondary N) is 1. The van der Waals surface area contributed by atoms with Gasteiger partial charge in [0.05, 0.1) is 6.10 Å². The fraction of sp³-hybridized carbons (Fsp3) is 0.200. The van der Waals surface area contributed by atoms with E-state index in [9.17, 15) is 9.50 Å². The Labute approximate surface area is 145 Å². The third-order valence-corrected chi connectivity index (χ3v) is 4.25. The van der Waals surface area contributed by atoms with E-state index in [2.05, 4.69) is 11.4 Å². The van der Waals surface area contributed by atoms with Crippen molar-refractivity contribution in [2.45, 2.75) is 19.1 Å². The molecule has 0 aliphatic carbocycles. The van der Waals surface area contributed by atoms with Crippen molar-refractivity contribution in [2.75, 3.05) is 6.54 Å². The van der Waals surface area contributed by atoms with E-state index >= 15 is 0 Å². The molecule has 0 fully saturated rings. The topological polar surface area (TPSA) is 32.3 Å². The van der Waals surface area contributed by atoms with Crippen LogP contribution >= 0.6 is 11.6 Å². The number of aliphatic hydroxyl groups excluding tert-OH is 1. The summed E-state index contributed by atoms with van der Waals surface area (Å²) in [6.45, 7) is 1.14. The maximum atomic E-state index is 12.9. The van der Waals surface area contributed by atoms with Crippen LogP contribution in [0.5, 0.6) is 0 Å². The zero-order valence-corrected chi connectivity index (χ0v) is 13.9. The second-order valence-corrected chi connectivity index (χ2v) is 6.33. The van der Waals surface area contributed by atoms with Crippen molar-refractivity contribution in [1.29, 1.82) is 0 Å². The molecule has 3 aromatic carbocycles. The molecule has 0 radical (unpaired) electrons. The van der Waals surface area contributed by atoms with Crippen molar-refractivity contribution in [1.82, 2.24) is 5.32 Å². The third kappa shape index (κ3) is 4.32. The van der Waals surface area contributed by atoms with Gasteiger partial charge in [0.25, 0.3) is 0 Å². The normalized spacial score (nSPS) is 12.5. The van der Waals surface area contributed by atoms with Gasteiger partial charge in [0.1, 0.15) is 5.82 Å². The predicted molar refractivity (Wildman–Crippen MR) is 96.8 cm³/mol. The molecule has 124 valence electrons. The lowest BCUT2D eigenvalue weighted by Gasteiger charge is -2.13. The lowest BCUT2D eigenvalue weighted by Crippen LogP contribution is -2.28. The van der Waals surface area contributed by atoms with Crippen LogP contribution in [0, 0.1) is 5.82 Å². The van der Waals surface area contributed by atoms with Crippen LogP contribution in [0.2, 0.25) is 5.02 Å². The van der Waals surface area contributed by atoms with Gasteiger partial charge in [0, 0.05) is 18.1 Å². The van der Waals surface area contributed by atoms with E-state index in [1.165, 1.54) is 12.1 Å². The van der Waals surface area contributed by atoms with E-state index in [4.69, 9.17) is 11.6 Å². The van der Waals surface area contributed by atoms with Crippen LogP contribution in [0.4, 0.5) is 4.39 Å². The van der Waals surface area contributed by atoms with Crippen molar-refractivity contribution in [3.05, 3.63) is 82.6 Å². The summed E-state index contributed by atoms with van der Waals surface area (Å²) in [6.07, 6.45) is -0.0156. The van der Waals surface area contributed by atoms with Crippen molar-refractivity contribution < 1.29 is 9.50 Å². The van der Waals surface area contributed by atoms with E-state index < -0.39 is 6.10 Å². The minimum absolute atomic E-state index is 0.262. The molecule has 3 rings (SSSR count). The molecule has 0 aliphatic heterocycles. The SMILES string of the molecule is OC(CNCc1cccc2cc(Cl)ccc12)Cc1ccc(F)cc1. The summed E-state index contributed by atoms with van der Waals surface area (Å²) in [5.41, 5.74) is 2.09. The number of benzene rings is 3. The maximum absolute atomic E-state index is 12.9.